The Labute approximate surface area is 189 Å². The van der Waals surface area contributed by atoms with Crippen molar-refractivity contribution in [2.24, 2.45) is 0 Å². The van der Waals surface area contributed by atoms with Crippen LogP contribution in [-0.2, 0) is 4.74 Å². The van der Waals surface area contributed by atoms with Crippen LogP contribution in [0.1, 0.15) is 28.9 Å². The molecule has 1 aromatic carbocycles. The van der Waals surface area contributed by atoms with Crippen molar-refractivity contribution in [2.45, 2.75) is 25.8 Å². The van der Waals surface area contributed by atoms with Gasteiger partial charge in [0.05, 0.1) is 16.9 Å². The quantitative estimate of drug-likeness (QED) is 0.505. The Morgan fingerprint density at radius 1 is 1.12 bits per heavy atom. The summed E-state index contributed by atoms with van der Waals surface area (Å²) in [6.45, 7) is 3.17. The topological polar surface area (TPSA) is 99.8 Å². The number of ether oxygens (including phenoxy) is 1. The normalized spacial score (nSPS) is 14.4. The molecular formula is C23H22FN7O2. The fourth-order valence-corrected chi connectivity index (χ4v) is 3.77. The van der Waals surface area contributed by atoms with Crippen LogP contribution in [0.25, 0.3) is 22.9 Å². The average Bonchev–Trinajstić information content (AvgIpc) is 3.47. The number of hydrogen-bond donors (Lipinski definition) is 1. The highest BCUT2D eigenvalue weighted by Gasteiger charge is 2.18. The number of halogens is 1. The number of hydrogen-bond acceptors (Lipinski definition) is 6. The van der Waals surface area contributed by atoms with Gasteiger partial charge in [-0.25, -0.2) is 19.0 Å². The number of imidazole rings is 1. The molecular weight excluding hydrogens is 425 g/mol. The molecule has 10 heteroatoms. The summed E-state index contributed by atoms with van der Waals surface area (Å²) in [4.78, 5) is 21.4. The predicted molar refractivity (Wildman–Crippen MR) is 118 cm³/mol. The summed E-state index contributed by atoms with van der Waals surface area (Å²) in [5.74, 6) is 0.157. The number of rotatable bonds is 5. The van der Waals surface area contributed by atoms with E-state index in [1.165, 1.54) is 12.1 Å². The van der Waals surface area contributed by atoms with Crippen molar-refractivity contribution in [3.63, 3.8) is 0 Å². The van der Waals surface area contributed by atoms with Crippen LogP contribution in [0.5, 0.6) is 0 Å². The predicted octanol–water partition coefficient (Wildman–Crippen LogP) is 2.87. The van der Waals surface area contributed by atoms with E-state index in [-0.39, 0.29) is 17.8 Å². The van der Waals surface area contributed by atoms with Crippen LogP contribution < -0.4 is 5.32 Å². The lowest BCUT2D eigenvalue weighted by Gasteiger charge is -2.23. The van der Waals surface area contributed by atoms with E-state index in [0.717, 1.165) is 12.8 Å². The highest BCUT2D eigenvalue weighted by Crippen LogP contribution is 2.24. The molecule has 0 spiro atoms. The van der Waals surface area contributed by atoms with Crippen molar-refractivity contribution in [3.8, 4) is 22.9 Å². The van der Waals surface area contributed by atoms with E-state index >= 15 is 0 Å². The van der Waals surface area contributed by atoms with Crippen molar-refractivity contribution in [2.75, 3.05) is 13.2 Å². The molecule has 0 bridgehead atoms. The van der Waals surface area contributed by atoms with Crippen LogP contribution in [0.15, 0.2) is 55.1 Å². The Kier molecular flexibility index (Phi) is 5.66. The summed E-state index contributed by atoms with van der Waals surface area (Å²) in [5, 5.41) is 11.4. The number of aromatic nitrogens is 6. The molecule has 0 unspecified atom stereocenters. The summed E-state index contributed by atoms with van der Waals surface area (Å²) >= 11 is 0. The summed E-state index contributed by atoms with van der Waals surface area (Å²) in [6, 6.07) is 9.66. The number of amides is 1. The molecule has 168 valence electrons. The van der Waals surface area contributed by atoms with Crippen LogP contribution in [-0.4, -0.2) is 54.7 Å². The van der Waals surface area contributed by atoms with Crippen LogP contribution in [0, 0.1) is 12.7 Å². The minimum absolute atomic E-state index is 0.130. The van der Waals surface area contributed by atoms with Gasteiger partial charge in [0.2, 0.25) is 0 Å². The van der Waals surface area contributed by atoms with Gasteiger partial charge in [0.25, 0.3) is 5.91 Å². The van der Waals surface area contributed by atoms with E-state index in [4.69, 9.17) is 4.74 Å². The summed E-state index contributed by atoms with van der Waals surface area (Å²) in [5.41, 5.74) is 3.22. The zero-order valence-corrected chi connectivity index (χ0v) is 18.0. The lowest BCUT2D eigenvalue weighted by Crippen LogP contribution is -2.38. The molecule has 1 saturated heterocycles. The third-order valence-electron chi connectivity index (χ3n) is 5.57. The van der Waals surface area contributed by atoms with Crippen molar-refractivity contribution in [3.05, 3.63) is 72.2 Å². The van der Waals surface area contributed by atoms with Gasteiger partial charge in [-0.1, -0.05) is 5.21 Å². The molecule has 1 N–H and O–H groups in total. The number of nitrogens with one attached hydrogen (secondary N) is 1. The van der Waals surface area contributed by atoms with Gasteiger partial charge in [0.1, 0.15) is 29.4 Å². The van der Waals surface area contributed by atoms with Crippen molar-refractivity contribution in [1.29, 1.82) is 0 Å². The number of pyridine rings is 1. The lowest BCUT2D eigenvalue weighted by atomic mass is 10.1. The second-order valence-electron chi connectivity index (χ2n) is 7.84. The molecule has 5 rings (SSSR count). The van der Waals surface area contributed by atoms with Crippen LogP contribution in [0.2, 0.25) is 0 Å². The average molecular weight is 447 g/mol. The van der Waals surface area contributed by atoms with E-state index in [0.29, 0.717) is 47.4 Å². The third-order valence-corrected chi connectivity index (χ3v) is 5.57. The third kappa shape index (κ3) is 4.37. The first kappa shape index (κ1) is 21.0. The molecule has 9 nitrogen and oxygen atoms in total. The molecule has 1 fully saturated rings. The van der Waals surface area contributed by atoms with Gasteiger partial charge in [-0.2, -0.15) is 0 Å². The van der Waals surface area contributed by atoms with Crippen molar-refractivity contribution in [1.82, 2.24) is 34.8 Å². The number of aryl methyl sites for hydroxylation is 1. The largest absolute Gasteiger partial charge is 0.381 e. The summed E-state index contributed by atoms with van der Waals surface area (Å²) in [7, 11) is 0. The van der Waals surface area contributed by atoms with Crippen LogP contribution in [0.3, 0.4) is 0 Å². The van der Waals surface area contributed by atoms with Crippen molar-refractivity contribution < 1.29 is 13.9 Å². The fraction of sp³-hybridized carbons (Fsp3) is 0.261. The first-order chi connectivity index (χ1) is 16.1. The standard InChI is InChI=1S/C23H22FN7O2/c1-15-22(31(29-28-15)19-5-3-17(24)4-6-19)20-13-30(14-26-20)21-7-2-16(12-25-21)23(32)27-18-8-10-33-11-9-18/h2-7,12-14,18H,8-11H2,1H3,(H,27,32). The van der Waals surface area contributed by atoms with E-state index < -0.39 is 0 Å². The monoisotopic (exact) mass is 447 g/mol. The van der Waals surface area contributed by atoms with E-state index in [1.807, 2.05) is 13.1 Å². The maximum Gasteiger partial charge on any atom is 0.253 e. The van der Waals surface area contributed by atoms with E-state index in [9.17, 15) is 9.18 Å². The van der Waals surface area contributed by atoms with Gasteiger partial charge in [0.15, 0.2) is 0 Å². The Balaban J connectivity index is 1.36. The van der Waals surface area contributed by atoms with E-state index in [2.05, 4.69) is 25.6 Å². The molecule has 3 aromatic heterocycles. The van der Waals surface area contributed by atoms with Gasteiger partial charge in [-0.3, -0.25) is 9.36 Å². The van der Waals surface area contributed by atoms with Gasteiger partial charge >= 0.3 is 0 Å². The van der Waals surface area contributed by atoms with Crippen molar-refractivity contribution >= 4 is 5.91 Å². The van der Waals surface area contributed by atoms with Gasteiger partial charge < -0.3 is 10.1 Å². The molecule has 1 amide bonds. The maximum atomic E-state index is 13.3. The number of nitrogens with zero attached hydrogens (tertiary/aromatic N) is 6. The minimum atomic E-state index is -0.322. The summed E-state index contributed by atoms with van der Waals surface area (Å²) < 4.78 is 22.0. The first-order valence-electron chi connectivity index (χ1n) is 10.7. The number of carbonyl (C=O) groups excluding carboxylic acids is 1. The van der Waals surface area contributed by atoms with Gasteiger partial charge in [-0.15, -0.1) is 5.10 Å². The Morgan fingerprint density at radius 2 is 1.91 bits per heavy atom. The SMILES string of the molecule is Cc1nnn(-c2ccc(F)cc2)c1-c1cn(-c2ccc(C(=O)NC3CCOCC3)cn2)cn1. The highest BCUT2D eigenvalue weighted by molar-refractivity contribution is 5.94. The molecule has 1 aliphatic rings. The smallest absolute Gasteiger partial charge is 0.253 e. The second-order valence-corrected chi connectivity index (χ2v) is 7.84. The molecule has 4 heterocycles. The number of benzene rings is 1. The maximum absolute atomic E-state index is 13.3. The highest BCUT2D eigenvalue weighted by atomic mass is 19.1. The molecule has 0 atom stereocenters. The van der Waals surface area contributed by atoms with Crippen LogP contribution >= 0.6 is 0 Å². The minimum Gasteiger partial charge on any atom is -0.381 e. The molecule has 0 aliphatic carbocycles. The molecule has 33 heavy (non-hydrogen) atoms. The van der Waals surface area contributed by atoms with E-state index in [1.54, 1.807) is 46.0 Å². The molecule has 1 aliphatic heterocycles. The molecule has 4 aromatic rings. The zero-order chi connectivity index (χ0) is 22.8. The zero-order valence-electron chi connectivity index (χ0n) is 18.0. The first-order valence-corrected chi connectivity index (χ1v) is 10.7. The Bertz CT molecular complexity index is 1260. The number of carbonyl (C=O) groups is 1. The molecule has 0 radical (unpaired) electrons. The fourth-order valence-electron chi connectivity index (χ4n) is 3.77. The lowest BCUT2D eigenvalue weighted by molar-refractivity contribution is 0.0696. The van der Waals surface area contributed by atoms with Gasteiger partial charge in [-0.05, 0) is 56.2 Å². The second kappa shape index (κ2) is 8.91. The molecule has 0 saturated carbocycles. The Morgan fingerprint density at radius 3 is 2.64 bits per heavy atom. The van der Waals surface area contributed by atoms with Crippen LogP contribution in [0.4, 0.5) is 4.39 Å². The van der Waals surface area contributed by atoms with Gasteiger partial charge in [0, 0.05) is 31.6 Å². The summed E-state index contributed by atoms with van der Waals surface area (Å²) in [6.07, 6.45) is 6.64. The Hall–Kier alpha value is -3.92.